The van der Waals surface area contributed by atoms with Gasteiger partial charge in [-0.1, -0.05) is 11.8 Å². The first kappa shape index (κ1) is 15.5. The number of hydrogen-bond donors (Lipinski definition) is 1. The molecule has 2 aromatic rings. The first-order valence-corrected chi connectivity index (χ1v) is 8.54. The predicted molar refractivity (Wildman–Crippen MR) is 89.5 cm³/mol. The van der Waals surface area contributed by atoms with Gasteiger partial charge in [0, 0.05) is 31.0 Å². The van der Waals surface area contributed by atoms with Crippen molar-refractivity contribution in [3.8, 4) is 6.07 Å². The molecule has 0 aliphatic carbocycles. The summed E-state index contributed by atoms with van der Waals surface area (Å²) in [6.45, 7) is 3.54. The molecule has 1 saturated heterocycles. The van der Waals surface area contributed by atoms with Gasteiger partial charge in [0.15, 0.2) is 11.0 Å². The third-order valence-electron chi connectivity index (χ3n) is 3.67. The fourth-order valence-electron chi connectivity index (χ4n) is 2.55. The maximum Gasteiger partial charge on any atom is 0.223 e. The highest BCUT2D eigenvalue weighted by atomic mass is 32.2. The van der Waals surface area contributed by atoms with Crippen molar-refractivity contribution in [3.63, 3.8) is 0 Å². The minimum Gasteiger partial charge on any atom is -0.353 e. The van der Waals surface area contributed by atoms with Crippen LogP contribution in [0.25, 0.3) is 0 Å². The molecule has 0 saturated carbocycles. The van der Waals surface area contributed by atoms with Gasteiger partial charge in [0.05, 0.1) is 6.20 Å². The highest BCUT2D eigenvalue weighted by Gasteiger charge is 2.26. The van der Waals surface area contributed by atoms with Crippen LogP contribution in [0.2, 0.25) is 0 Å². The van der Waals surface area contributed by atoms with Crippen LogP contribution in [0.3, 0.4) is 0 Å². The van der Waals surface area contributed by atoms with Crippen molar-refractivity contribution in [3.05, 3.63) is 29.7 Å². The minimum atomic E-state index is 0.232. The normalized spacial score (nSPS) is 17.1. The van der Waals surface area contributed by atoms with Crippen molar-refractivity contribution in [2.75, 3.05) is 29.6 Å². The number of aryl methyl sites for hydroxylation is 1. The van der Waals surface area contributed by atoms with Gasteiger partial charge in [-0.2, -0.15) is 5.26 Å². The molecule has 118 valence electrons. The number of nitrogens with zero attached hydrogens (tertiary/aromatic N) is 6. The number of anilines is 2. The number of nitrogens with one attached hydrogen (secondary N) is 1. The van der Waals surface area contributed by atoms with Crippen LogP contribution in [0.4, 0.5) is 11.8 Å². The van der Waals surface area contributed by atoms with Gasteiger partial charge < -0.3 is 10.2 Å². The second-order valence-electron chi connectivity index (χ2n) is 5.30. The van der Waals surface area contributed by atoms with Gasteiger partial charge in [0.1, 0.15) is 11.6 Å². The molecule has 0 aromatic carbocycles. The average molecular weight is 327 g/mol. The summed E-state index contributed by atoms with van der Waals surface area (Å²) in [5.74, 6) is 1.35. The van der Waals surface area contributed by atoms with Crippen molar-refractivity contribution in [2.24, 2.45) is 0 Å². The van der Waals surface area contributed by atoms with Crippen molar-refractivity contribution in [1.29, 1.82) is 5.26 Å². The van der Waals surface area contributed by atoms with Crippen LogP contribution >= 0.6 is 11.8 Å². The van der Waals surface area contributed by atoms with Crippen LogP contribution in [0.15, 0.2) is 23.6 Å². The Morgan fingerprint density at radius 3 is 3.00 bits per heavy atom. The molecule has 2 aromatic heterocycles. The Bertz CT molecular complexity index is 743. The van der Waals surface area contributed by atoms with E-state index in [1.165, 1.54) is 11.8 Å². The Labute approximate surface area is 139 Å². The van der Waals surface area contributed by atoms with Crippen LogP contribution in [0, 0.1) is 18.3 Å². The van der Waals surface area contributed by atoms with Crippen molar-refractivity contribution >= 4 is 23.5 Å². The average Bonchev–Trinajstić information content (AvgIpc) is 3.02. The van der Waals surface area contributed by atoms with Gasteiger partial charge in [0.2, 0.25) is 5.95 Å². The molecular formula is C15H17N7S. The molecule has 1 fully saturated rings. The predicted octanol–water partition coefficient (Wildman–Crippen LogP) is 1.86. The largest absolute Gasteiger partial charge is 0.353 e. The number of aromatic nitrogens is 4. The Morgan fingerprint density at radius 1 is 1.39 bits per heavy atom. The third-order valence-corrected chi connectivity index (χ3v) is 4.23. The van der Waals surface area contributed by atoms with E-state index in [1.54, 1.807) is 12.4 Å². The summed E-state index contributed by atoms with van der Waals surface area (Å²) in [6, 6.07) is 4.28. The summed E-state index contributed by atoms with van der Waals surface area (Å²) in [5, 5.41) is 13.3. The fourth-order valence-corrected chi connectivity index (χ4v) is 2.88. The summed E-state index contributed by atoms with van der Waals surface area (Å²) in [6.07, 6.45) is 6.22. The Hall–Kier alpha value is -2.40. The second-order valence-corrected chi connectivity index (χ2v) is 6.08. The molecule has 1 atom stereocenters. The first-order valence-electron chi connectivity index (χ1n) is 7.32. The molecule has 3 heterocycles. The lowest BCUT2D eigenvalue weighted by atomic mass is 10.3. The summed E-state index contributed by atoms with van der Waals surface area (Å²) < 4.78 is 0. The molecule has 1 aliphatic heterocycles. The Balaban J connectivity index is 1.74. The zero-order valence-electron chi connectivity index (χ0n) is 13.0. The van der Waals surface area contributed by atoms with Crippen molar-refractivity contribution in [2.45, 2.75) is 24.5 Å². The van der Waals surface area contributed by atoms with Gasteiger partial charge in [-0.05, 0) is 25.7 Å². The first-order chi connectivity index (χ1) is 11.2. The molecule has 1 N–H and O–H groups in total. The van der Waals surface area contributed by atoms with E-state index in [0.717, 1.165) is 25.2 Å². The molecule has 8 heteroatoms. The highest BCUT2D eigenvalue weighted by molar-refractivity contribution is 7.98. The summed E-state index contributed by atoms with van der Waals surface area (Å²) in [7, 11) is 0. The summed E-state index contributed by atoms with van der Waals surface area (Å²) >= 11 is 1.47. The van der Waals surface area contributed by atoms with Gasteiger partial charge in [-0.15, -0.1) is 0 Å². The zero-order valence-corrected chi connectivity index (χ0v) is 13.8. The van der Waals surface area contributed by atoms with Crippen molar-refractivity contribution < 1.29 is 0 Å². The van der Waals surface area contributed by atoms with Gasteiger partial charge in [-0.3, -0.25) is 0 Å². The second kappa shape index (κ2) is 6.79. The SMILES string of the molecule is CSc1ncc(C#N)c(N2CCC(Nc3nccc(C)n3)C2)n1. The van der Waals surface area contributed by atoms with Crippen LogP contribution in [-0.4, -0.2) is 45.3 Å². The molecule has 0 amide bonds. The standard InChI is InChI=1S/C15H17N7S/c1-10-3-5-17-14(19-10)20-12-4-6-22(9-12)13-11(7-16)8-18-15(21-13)23-2/h3,5,8,12H,4,6,9H2,1-2H3,(H,17,19,20). The molecular weight excluding hydrogens is 310 g/mol. The molecule has 1 unspecified atom stereocenters. The van der Waals surface area contributed by atoms with E-state index >= 15 is 0 Å². The van der Waals surface area contributed by atoms with E-state index in [2.05, 4.69) is 36.2 Å². The molecule has 7 nitrogen and oxygen atoms in total. The van der Waals surface area contributed by atoms with Crippen LogP contribution in [0.5, 0.6) is 0 Å². The quantitative estimate of drug-likeness (QED) is 0.672. The number of thioether (sulfide) groups is 1. The third kappa shape index (κ3) is 3.51. The van der Waals surface area contributed by atoms with E-state index in [-0.39, 0.29) is 6.04 Å². The van der Waals surface area contributed by atoms with E-state index in [4.69, 9.17) is 0 Å². The topological polar surface area (TPSA) is 90.6 Å². The molecule has 0 spiro atoms. The molecule has 0 bridgehead atoms. The molecule has 1 aliphatic rings. The van der Waals surface area contributed by atoms with Crippen LogP contribution < -0.4 is 10.2 Å². The van der Waals surface area contributed by atoms with E-state index < -0.39 is 0 Å². The monoisotopic (exact) mass is 327 g/mol. The van der Waals surface area contributed by atoms with Gasteiger partial charge in [0.25, 0.3) is 0 Å². The van der Waals surface area contributed by atoms with Crippen LogP contribution in [0.1, 0.15) is 17.7 Å². The maximum absolute atomic E-state index is 9.27. The number of hydrogen-bond acceptors (Lipinski definition) is 8. The van der Waals surface area contributed by atoms with Crippen LogP contribution in [-0.2, 0) is 0 Å². The Morgan fingerprint density at radius 2 is 2.26 bits per heavy atom. The maximum atomic E-state index is 9.27. The fraction of sp³-hybridized carbons (Fsp3) is 0.400. The van der Waals surface area contributed by atoms with Gasteiger partial charge >= 0.3 is 0 Å². The molecule has 23 heavy (non-hydrogen) atoms. The summed E-state index contributed by atoms with van der Waals surface area (Å²) in [5.41, 5.74) is 1.44. The van der Waals surface area contributed by atoms with E-state index in [1.807, 2.05) is 19.2 Å². The van der Waals surface area contributed by atoms with E-state index in [0.29, 0.717) is 22.5 Å². The lowest BCUT2D eigenvalue weighted by Crippen LogP contribution is -2.28. The number of nitriles is 1. The van der Waals surface area contributed by atoms with Crippen molar-refractivity contribution in [1.82, 2.24) is 19.9 Å². The lowest BCUT2D eigenvalue weighted by molar-refractivity contribution is 0.788. The smallest absolute Gasteiger partial charge is 0.223 e. The van der Waals surface area contributed by atoms with E-state index in [9.17, 15) is 5.26 Å². The highest BCUT2D eigenvalue weighted by Crippen LogP contribution is 2.24. The summed E-state index contributed by atoms with van der Waals surface area (Å²) in [4.78, 5) is 19.4. The molecule has 0 radical (unpaired) electrons. The number of rotatable bonds is 4. The minimum absolute atomic E-state index is 0.232. The molecule has 3 rings (SSSR count). The Kier molecular flexibility index (Phi) is 4.57. The zero-order chi connectivity index (χ0) is 16.2. The van der Waals surface area contributed by atoms with Gasteiger partial charge in [-0.25, -0.2) is 19.9 Å². The lowest BCUT2D eigenvalue weighted by Gasteiger charge is -2.19.